The Morgan fingerprint density at radius 1 is 1.03 bits per heavy atom. The van der Waals surface area contributed by atoms with Gasteiger partial charge < -0.3 is 18.9 Å². The molecule has 0 N–H and O–H groups in total. The Kier molecular flexibility index (Phi) is 9.91. The first-order valence-electron chi connectivity index (χ1n) is 12.9. The molecule has 0 aromatic rings. The highest BCUT2D eigenvalue weighted by molar-refractivity contribution is 5.87. The van der Waals surface area contributed by atoms with Crippen LogP contribution >= 0.6 is 0 Å². The van der Waals surface area contributed by atoms with Gasteiger partial charge in [0.2, 0.25) is 0 Å². The summed E-state index contributed by atoms with van der Waals surface area (Å²) in [6.07, 6.45) is 6.81. The normalized spacial score (nSPS) is 27.9. The molecule has 206 valence electrons. The minimum absolute atomic E-state index is 0.0646. The first-order chi connectivity index (χ1) is 17.1. The number of rotatable bonds is 5. The van der Waals surface area contributed by atoms with E-state index in [9.17, 15) is 19.2 Å². The van der Waals surface area contributed by atoms with Crippen LogP contribution in [0.3, 0.4) is 0 Å². The van der Waals surface area contributed by atoms with Gasteiger partial charge >= 0.3 is 23.9 Å². The molecule has 0 radical (unpaired) electrons. The number of carbonyl (C=O) groups excluding carboxylic acids is 4. The van der Waals surface area contributed by atoms with Gasteiger partial charge in [0.15, 0.2) is 0 Å². The Labute approximate surface area is 220 Å². The zero-order valence-corrected chi connectivity index (χ0v) is 23.1. The number of hydrogen-bond acceptors (Lipinski definition) is 8. The standard InChI is InChI=1S/C12H14O4.C10H16O2.C7H12O2/c1-5(2)11(13)15-9-6-3-7-8(4-6)12(14)16-10(7)9;1-8(2)9(11)12-10(3)6-4-5-7-10;1-5-6(8)9-7(2,3)4/h6-10H,1,3-4H2,2H3;1,4-7H2,2-3H3;5H,1H2,2-4H3. The summed E-state index contributed by atoms with van der Waals surface area (Å²) in [5, 5.41) is 0. The van der Waals surface area contributed by atoms with E-state index in [2.05, 4.69) is 19.7 Å². The fourth-order valence-corrected chi connectivity index (χ4v) is 5.17. The maximum Gasteiger partial charge on any atom is 0.333 e. The minimum atomic E-state index is -0.398. The number of fused-ring (bicyclic) bond motifs is 1. The molecule has 0 spiro atoms. The van der Waals surface area contributed by atoms with Gasteiger partial charge in [0.1, 0.15) is 23.4 Å². The summed E-state index contributed by atoms with van der Waals surface area (Å²) in [5.41, 5.74) is 0.271. The van der Waals surface area contributed by atoms with Gasteiger partial charge in [0.25, 0.3) is 0 Å². The smallest absolute Gasteiger partial charge is 0.333 e. The molecule has 4 aliphatic rings. The zero-order valence-electron chi connectivity index (χ0n) is 23.1. The summed E-state index contributed by atoms with van der Waals surface area (Å²) in [7, 11) is 0. The van der Waals surface area contributed by atoms with E-state index < -0.39 is 5.60 Å². The van der Waals surface area contributed by atoms with Gasteiger partial charge in [-0.2, -0.15) is 0 Å². The van der Waals surface area contributed by atoms with Crippen LogP contribution in [0.1, 0.15) is 80.1 Å². The van der Waals surface area contributed by atoms with Gasteiger partial charge in [-0.05, 0) is 80.1 Å². The second-order valence-electron chi connectivity index (χ2n) is 11.6. The third-order valence-electron chi connectivity index (χ3n) is 6.93. The summed E-state index contributed by atoms with van der Waals surface area (Å²) in [4.78, 5) is 44.6. The molecule has 0 aromatic heterocycles. The molecule has 37 heavy (non-hydrogen) atoms. The highest BCUT2D eigenvalue weighted by Gasteiger charge is 2.63. The van der Waals surface area contributed by atoms with E-state index in [4.69, 9.17) is 18.9 Å². The minimum Gasteiger partial charge on any atom is -0.458 e. The summed E-state index contributed by atoms with van der Waals surface area (Å²) in [5.74, 6) is -0.463. The summed E-state index contributed by atoms with van der Waals surface area (Å²) < 4.78 is 20.8. The van der Waals surface area contributed by atoms with Gasteiger partial charge in [-0.3, -0.25) is 4.79 Å². The van der Waals surface area contributed by atoms with E-state index in [-0.39, 0.29) is 53.5 Å². The van der Waals surface area contributed by atoms with Gasteiger partial charge in [0, 0.05) is 29.1 Å². The fraction of sp³-hybridized carbons (Fsp3) is 0.655. The van der Waals surface area contributed by atoms with E-state index in [1.807, 2.05) is 27.7 Å². The molecule has 8 heteroatoms. The van der Waals surface area contributed by atoms with Crippen molar-refractivity contribution < 1.29 is 38.1 Å². The maximum atomic E-state index is 11.5. The van der Waals surface area contributed by atoms with Gasteiger partial charge in [-0.25, -0.2) is 14.4 Å². The van der Waals surface area contributed by atoms with Crippen molar-refractivity contribution in [1.29, 1.82) is 0 Å². The zero-order chi connectivity index (χ0) is 28.1. The van der Waals surface area contributed by atoms with Crippen molar-refractivity contribution in [2.75, 3.05) is 0 Å². The number of hydrogen-bond donors (Lipinski definition) is 0. The fourth-order valence-electron chi connectivity index (χ4n) is 5.17. The van der Waals surface area contributed by atoms with Crippen molar-refractivity contribution in [2.24, 2.45) is 17.8 Å². The quantitative estimate of drug-likeness (QED) is 0.284. The molecule has 5 unspecified atom stereocenters. The summed E-state index contributed by atoms with van der Waals surface area (Å²) in [6, 6.07) is 0. The molecule has 3 aliphatic carbocycles. The van der Waals surface area contributed by atoms with Crippen LogP contribution in [-0.4, -0.2) is 47.3 Å². The molecule has 2 bridgehead atoms. The molecule has 4 fully saturated rings. The van der Waals surface area contributed by atoms with Crippen LogP contribution in [0, 0.1) is 17.8 Å². The molecule has 1 saturated heterocycles. The number of carbonyl (C=O) groups is 4. The van der Waals surface area contributed by atoms with E-state index >= 15 is 0 Å². The van der Waals surface area contributed by atoms with Gasteiger partial charge in [-0.15, -0.1) is 0 Å². The first-order valence-corrected chi connectivity index (χ1v) is 12.9. The second kappa shape index (κ2) is 12.1. The molecular formula is C29H42O8. The SMILES string of the molecule is C=C(C)C(=O)OC1(C)CCCC1.C=C(C)C(=O)OC1C2CC3C(=O)OC1C3C2.C=CC(=O)OC(C)(C)C. The van der Waals surface area contributed by atoms with E-state index in [1.165, 1.54) is 12.8 Å². The van der Waals surface area contributed by atoms with E-state index in [1.54, 1.807) is 13.8 Å². The molecule has 1 aliphatic heterocycles. The molecule has 0 amide bonds. The van der Waals surface area contributed by atoms with Crippen molar-refractivity contribution in [3.63, 3.8) is 0 Å². The van der Waals surface area contributed by atoms with Crippen LogP contribution in [0.2, 0.25) is 0 Å². The van der Waals surface area contributed by atoms with Crippen molar-refractivity contribution in [2.45, 2.75) is 103 Å². The molecule has 1 heterocycles. The highest BCUT2D eigenvalue weighted by Crippen LogP contribution is 2.55. The van der Waals surface area contributed by atoms with Crippen molar-refractivity contribution in [3.05, 3.63) is 37.0 Å². The van der Waals surface area contributed by atoms with Crippen LogP contribution < -0.4 is 0 Å². The molecule has 3 saturated carbocycles. The van der Waals surface area contributed by atoms with Crippen LogP contribution in [-0.2, 0) is 38.1 Å². The summed E-state index contributed by atoms with van der Waals surface area (Å²) in [6.45, 7) is 21.1. The van der Waals surface area contributed by atoms with Crippen molar-refractivity contribution >= 4 is 23.9 Å². The average Bonchev–Trinajstić information content (AvgIpc) is 3.52. The topological polar surface area (TPSA) is 105 Å². The number of esters is 4. The lowest BCUT2D eigenvalue weighted by Crippen LogP contribution is -2.36. The molecule has 8 nitrogen and oxygen atoms in total. The first kappa shape index (κ1) is 30.3. The molecule has 5 atom stereocenters. The van der Waals surface area contributed by atoms with Crippen LogP contribution in [0.15, 0.2) is 37.0 Å². The molecule has 0 aromatic carbocycles. The monoisotopic (exact) mass is 518 g/mol. The lowest BCUT2D eigenvalue weighted by molar-refractivity contribution is -0.158. The lowest BCUT2D eigenvalue weighted by atomic mass is 9.88. The van der Waals surface area contributed by atoms with Crippen LogP contribution in [0.5, 0.6) is 0 Å². The van der Waals surface area contributed by atoms with Crippen molar-refractivity contribution in [3.8, 4) is 0 Å². The Morgan fingerprint density at radius 2 is 1.59 bits per heavy atom. The van der Waals surface area contributed by atoms with Crippen LogP contribution in [0.4, 0.5) is 0 Å². The van der Waals surface area contributed by atoms with Crippen LogP contribution in [0.25, 0.3) is 0 Å². The largest absolute Gasteiger partial charge is 0.458 e. The Morgan fingerprint density at radius 3 is 2.05 bits per heavy atom. The Bertz CT molecular complexity index is 934. The maximum absolute atomic E-state index is 11.5. The van der Waals surface area contributed by atoms with E-state index in [0.717, 1.165) is 31.8 Å². The lowest BCUT2D eigenvalue weighted by Gasteiger charge is -2.25. The average molecular weight is 519 g/mol. The van der Waals surface area contributed by atoms with Gasteiger partial charge in [-0.1, -0.05) is 19.7 Å². The molecule has 4 rings (SSSR count). The van der Waals surface area contributed by atoms with Crippen molar-refractivity contribution in [1.82, 2.24) is 0 Å². The number of ether oxygens (including phenoxy) is 4. The molecular weight excluding hydrogens is 476 g/mol. The predicted octanol–water partition coefficient (Wildman–Crippen LogP) is 5.01. The predicted molar refractivity (Wildman–Crippen MR) is 138 cm³/mol. The third-order valence-corrected chi connectivity index (χ3v) is 6.93. The van der Waals surface area contributed by atoms with E-state index in [0.29, 0.717) is 17.1 Å². The summed E-state index contributed by atoms with van der Waals surface area (Å²) >= 11 is 0. The second-order valence-corrected chi connectivity index (χ2v) is 11.6. The Balaban J connectivity index is 0.000000206. The Hall–Kier alpha value is -2.90. The third kappa shape index (κ3) is 8.30. The highest BCUT2D eigenvalue weighted by atomic mass is 16.6. The van der Waals surface area contributed by atoms with Gasteiger partial charge in [0.05, 0.1) is 5.92 Å².